The van der Waals surface area contributed by atoms with E-state index in [4.69, 9.17) is 0 Å². The van der Waals surface area contributed by atoms with E-state index in [2.05, 4.69) is 276 Å². The number of hydrogen-bond donors (Lipinski definition) is 0. The van der Waals surface area contributed by atoms with Crippen molar-refractivity contribution < 1.29 is 0 Å². The van der Waals surface area contributed by atoms with Crippen molar-refractivity contribution in [3.05, 3.63) is 261 Å². The second kappa shape index (κ2) is 16.0. The first-order valence-electron chi connectivity index (χ1n) is 23.0. The number of rotatable bonds is 9. The minimum absolute atomic E-state index is 1.09. The Hall–Kier alpha value is -8.92. The van der Waals surface area contributed by atoms with Crippen molar-refractivity contribution in [2.45, 2.75) is 0 Å². The van der Waals surface area contributed by atoms with Crippen LogP contribution >= 0.6 is 0 Å². The quantitative estimate of drug-likeness (QED) is 0.106. The van der Waals surface area contributed by atoms with Crippen molar-refractivity contribution in [3.63, 3.8) is 0 Å². The summed E-state index contributed by atoms with van der Waals surface area (Å²) < 4.78 is 0. The highest BCUT2D eigenvalue weighted by molar-refractivity contribution is 6.34. The molecular formula is C64H43N3. The fraction of sp³-hybridized carbons (Fsp3) is 0. The summed E-state index contributed by atoms with van der Waals surface area (Å²) in [5.41, 5.74) is 10.0. The van der Waals surface area contributed by atoms with Crippen molar-refractivity contribution in [1.82, 2.24) is 0 Å². The molecule has 0 amide bonds. The van der Waals surface area contributed by atoms with Crippen molar-refractivity contribution >= 4 is 116 Å². The molecule has 0 heterocycles. The molecule has 0 saturated carbocycles. The number of anilines is 9. The third-order valence-electron chi connectivity index (χ3n) is 13.4. The minimum atomic E-state index is 1.09. The van der Waals surface area contributed by atoms with Crippen LogP contribution in [0.3, 0.4) is 0 Å². The molecule has 3 nitrogen and oxygen atoms in total. The summed E-state index contributed by atoms with van der Waals surface area (Å²) >= 11 is 0. The first kappa shape index (κ1) is 38.5. The average Bonchev–Trinajstić information content (AvgIpc) is 3.39. The number of para-hydroxylation sites is 4. The molecule has 13 aromatic carbocycles. The molecule has 0 aliphatic rings. The van der Waals surface area contributed by atoms with E-state index in [9.17, 15) is 0 Å². The Morgan fingerprint density at radius 3 is 0.910 bits per heavy atom. The fourth-order valence-electron chi connectivity index (χ4n) is 10.5. The van der Waals surface area contributed by atoms with Crippen LogP contribution in [0.1, 0.15) is 0 Å². The van der Waals surface area contributed by atoms with E-state index in [1.165, 1.54) is 64.6 Å². The molecule has 0 aliphatic heterocycles. The predicted octanol–water partition coefficient (Wildman–Crippen LogP) is 18.5. The van der Waals surface area contributed by atoms with E-state index in [1.54, 1.807) is 0 Å². The standard InChI is InChI=1S/C64H43N3/c1-5-18-49(19-6-1)65(50-20-7-2-8-21-50)53-34-30-47-42-55(36-32-45(47)40-53)67(62-39-38-60-58-27-14-17-44-16-13-26-57(63(44)58)59-28-15-29-61(62)64(59)60)56-37-33-46-41-54(35-31-48(46)43-56)66(51-22-9-3-10-23-51)52-24-11-4-12-25-52/h1-43H. The number of nitrogens with zero attached hydrogens (tertiary/aromatic N) is 3. The minimum Gasteiger partial charge on any atom is -0.310 e. The maximum absolute atomic E-state index is 2.46. The van der Waals surface area contributed by atoms with E-state index in [0.29, 0.717) is 0 Å². The van der Waals surface area contributed by atoms with E-state index in [0.717, 1.165) is 51.2 Å². The lowest BCUT2D eigenvalue weighted by Crippen LogP contribution is -2.11. The van der Waals surface area contributed by atoms with E-state index >= 15 is 0 Å². The fourth-order valence-corrected chi connectivity index (χ4v) is 10.5. The zero-order valence-corrected chi connectivity index (χ0v) is 36.7. The van der Waals surface area contributed by atoms with E-state index in [1.807, 2.05) is 0 Å². The van der Waals surface area contributed by atoms with Crippen LogP contribution in [0.25, 0.3) is 64.6 Å². The van der Waals surface area contributed by atoms with Crippen LogP contribution in [0.5, 0.6) is 0 Å². The molecule has 3 heteroatoms. The Morgan fingerprint density at radius 1 is 0.179 bits per heavy atom. The van der Waals surface area contributed by atoms with Crippen LogP contribution in [0, 0.1) is 0 Å². The van der Waals surface area contributed by atoms with Crippen molar-refractivity contribution in [2.75, 3.05) is 14.7 Å². The molecule has 0 saturated heterocycles. The smallest absolute Gasteiger partial charge is 0.0540 e. The molecule has 314 valence electrons. The van der Waals surface area contributed by atoms with Crippen LogP contribution in [0.15, 0.2) is 261 Å². The highest BCUT2D eigenvalue weighted by Gasteiger charge is 2.22. The summed E-state index contributed by atoms with van der Waals surface area (Å²) in [6.07, 6.45) is 0. The van der Waals surface area contributed by atoms with Crippen molar-refractivity contribution in [2.24, 2.45) is 0 Å². The van der Waals surface area contributed by atoms with Gasteiger partial charge in [-0.25, -0.2) is 0 Å². The molecule has 13 rings (SSSR count). The Morgan fingerprint density at radius 2 is 0.507 bits per heavy atom. The van der Waals surface area contributed by atoms with Gasteiger partial charge in [0.05, 0.1) is 5.69 Å². The maximum Gasteiger partial charge on any atom is 0.0540 e. The van der Waals surface area contributed by atoms with Crippen LogP contribution < -0.4 is 14.7 Å². The topological polar surface area (TPSA) is 9.72 Å². The van der Waals surface area contributed by atoms with E-state index < -0.39 is 0 Å². The molecule has 0 radical (unpaired) electrons. The zero-order chi connectivity index (χ0) is 44.3. The van der Waals surface area contributed by atoms with Gasteiger partial charge in [-0.2, -0.15) is 0 Å². The molecular weight excluding hydrogens is 811 g/mol. The molecule has 0 atom stereocenters. The monoisotopic (exact) mass is 853 g/mol. The highest BCUT2D eigenvalue weighted by Crippen LogP contribution is 2.47. The molecule has 0 N–H and O–H groups in total. The summed E-state index contributed by atoms with van der Waals surface area (Å²) in [7, 11) is 0. The maximum atomic E-state index is 2.46. The van der Waals surface area contributed by atoms with Crippen LogP contribution in [0.4, 0.5) is 51.2 Å². The Bertz CT molecular complexity index is 3630. The van der Waals surface area contributed by atoms with Gasteiger partial charge in [0, 0.05) is 50.9 Å². The first-order chi connectivity index (χ1) is 33.2. The van der Waals surface area contributed by atoms with Crippen LogP contribution in [-0.2, 0) is 0 Å². The third-order valence-corrected chi connectivity index (χ3v) is 13.4. The van der Waals surface area contributed by atoms with Gasteiger partial charge in [0.1, 0.15) is 0 Å². The number of hydrogen-bond acceptors (Lipinski definition) is 3. The summed E-state index contributed by atoms with van der Waals surface area (Å²) in [6.45, 7) is 0. The van der Waals surface area contributed by atoms with Gasteiger partial charge in [0.25, 0.3) is 0 Å². The Balaban J connectivity index is 0.988. The largest absolute Gasteiger partial charge is 0.310 e. The van der Waals surface area contributed by atoms with Gasteiger partial charge in [-0.3, -0.25) is 0 Å². The second-order valence-electron chi connectivity index (χ2n) is 17.3. The highest BCUT2D eigenvalue weighted by atomic mass is 15.2. The SMILES string of the molecule is c1ccc(N(c2ccccc2)c2ccc3cc(N(c4ccc5cc(N(c6ccccc6)c6ccccc6)ccc5c4)c4ccc5c6cccc7cccc(c8cccc4c85)c76)ccc3c2)cc1. The average molecular weight is 854 g/mol. The lowest BCUT2D eigenvalue weighted by molar-refractivity contribution is 1.28. The van der Waals surface area contributed by atoms with Crippen molar-refractivity contribution in [1.29, 1.82) is 0 Å². The molecule has 0 bridgehead atoms. The van der Waals surface area contributed by atoms with Gasteiger partial charge in [-0.1, -0.05) is 158 Å². The predicted molar refractivity (Wildman–Crippen MR) is 287 cm³/mol. The Labute approximate surface area is 389 Å². The van der Waals surface area contributed by atoms with Crippen LogP contribution in [-0.4, -0.2) is 0 Å². The van der Waals surface area contributed by atoms with Crippen LogP contribution in [0.2, 0.25) is 0 Å². The normalized spacial score (nSPS) is 11.6. The van der Waals surface area contributed by atoms with Gasteiger partial charge >= 0.3 is 0 Å². The van der Waals surface area contributed by atoms with E-state index in [-0.39, 0.29) is 0 Å². The summed E-state index contributed by atoms with van der Waals surface area (Å²) in [5, 5.41) is 14.9. The molecule has 13 aromatic rings. The van der Waals surface area contributed by atoms with Crippen molar-refractivity contribution in [3.8, 4) is 0 Å². The van der Waals surface area contributed by atoms with Gasteiger partial charge < -0.3 is 14.7 Å². The van der Waals surface area contributed by atoms with Gasteiger partial charge in [0.15, 0.2) is 0 Å². The lowest BCUT2D eigenvalue weighted by atomic mass is 9.89. The zero-order valence-electron chi connectivity index (χ0n) is 36.7. The molecule has 0 unspecified atom stereocenters. The summed E-state index contributed by atoms with van der Waals surface area (Å²) in [6, 6.07) is 94.9. The number of benzene rings is 13. The molecule has 0 spiro atoms. The van der Waals surface area contributed by atoms with Gasteiger partial charge in [-0.05, 0) is 162 Å². The summed E-state index contributed by atoms with van der Waals surface area (Å²) in [4.78, 5) is 7.12. The summed E-state index contributed by atoms with van der Waals surface area (Å²) in [5.74, 6) is 0. The van der Waals surface area contributed by atoms with Gasteiger partial charge in [-0.15, -0.1) is 0 Å². The Kier molecular flexibility index (Phi) is 9.17. The first-order valence-corrected chi connectivity index (χ1v) is 23.0. The third kappa shape index (κ3) is 6.59. The molecule has 0 aromatic heterocycles. The molecule has 0 fully saturated rings. The van der Waals surface area contributed by atoms with Gasteiger partial charge in [0.2, 0.25) is 0 Å². The number of fused-ring (bicyclic) bond motifs is 4. The molecule has 67 heavy (non-hydrogen) atoms. The molecule has 0 aliphatic carbocycles. The second-order valence-corrected chi connectivity index (χ2v) is 17.3. The lowest BCUT2D eigenvalue weighted by Gasteiger charge is -2.29.